The van der Waals surface area contributed by atoms with Crippen molar-refractivity contribution in [3.8, 4) is 0 Å². The summed E-state index contributed by atoms with van der Waals surface area (Å²) in [6, 6.07) is 0.438. The molecule has 2 heterocycles. The van der Waals surface area contributed by atoms with E-state index in [2.05, 4.69) is 16.7 Å². The molecule has 0 radical (unpaired) electrons. The van der Waals surface area contributed by atoms with Crippen molar-refractivity contribution < 1.29 is 0 Å². The molecule has 0 aromatic carbocycles. The van der Waals surface area contributed by atoms with Crippen LogP contribution < -0.4 is 5.73 Å². The number of likely N-dealkylation sites (tertiary alicyclic amines) is 2. The molecular weight excluding hydrogens is 186 g/mol. The molecular formula is C12H25N3. The number of hydrogen-bond donors (Lipinski definition) is 1. The van der Waals surface area contributed by atoms with Crippen molar-refractivity contribution in [2.75, 3.05) is 39.3 Å². The van der Waals surface area contributed by atoms with Gasteiger partial charge < -0.3 is 15.5 Å². The van der Waals surface area contributed by atoms with Crippen molar-refractivity contribution in [1.82, 2.24) is 9.80 Å². The Morgan fingerprint density at radius 2 is 1.87 bits per heavy atom. The van der Waals surface area contributed by atoms with Crippen molar-refractivity contribution in [1.29, 1.82) is 0 Å². The van der Waals surface area contributed by atoms with Gasteiger partial charge in [0.1, 0.15) is 0 Å². The second-order valence-electron chi connectivity index (χ2n) is 5.11. The zero-order chi connectivity index (χ0) is 10.7. The minimum absolute atomic E-state index is 0.438. The molecule has 88 valence electrons. The van der Waals surface area contributed by atoms with Crippen LogP contribution in [0.4, 0.5) is 0 Å². The van der Waals surface area contributed by atoms with Gasteiger partial charge in [-0.15, -0.1) is 0 Å². The number of nitrogens with two attached hydrogens (primary N) is 1. The molecule has 2 aliphatic heterocycles. The van der Waals surface area contributed by atoms with E-state index in [1.165, 1.54) is 58.5 Å². The van der Waals surface area contributed by atoms with Crippen LogP contribution in [0.2, 0.25) is 0 Å². The highest BCUT2D eigenvalue weighted by Gasteiger charge is 2.28. The first-order chi connectivity index (χ1) is 7.29. The quantitative estimate of drug-likeness (QED) is 0.748. The minimum Gasteiger partial charge on any atom is -0.327 e. The molecule has 2 atom stereocenters. The number of nitrogens with zero attached hydrogens (tertiary/aromatic N) is 2. The molecule has 2 aliphatic rings. The molecule has 2 saturated heterocycles. The Labute approximate surface area is 93.6 Å². The van der Waals surface area contributed by atoms with E-state index in [9.17, 15) is 0 Å². The minimum atomic E-state index is 0.438. The normalized spacial score (nSPS) is 34.8. The molecule has 0 spiro atoms. The van der Waals surface area contributed by atoms with Gasteiger partial charge in [-0.2, -0.15) is 0 Å². The van der Waals surface area contributed by atoms with E-state index in [0.29, 0.717) is 12.0 Å². The average molecular weight is 211 g/mol. The van der Waals surface area contributed by atoms with Crippen LogP contribution in [0.1, 0.15) is 26.2 Å². The van der Waals surface area contributed by atoms with Crippen molar-refractivity contribution in [2.24, 2.45) is 11.7 Å². The highest BCUT2D eigenvalue weighted by Crippen LogP contribution is 2.19. The van der Waals surface area contributed by atoms with E-state index in [1.807, 2.05) is 0 Å². The summed E-state index contributed by atoms with van der Waals surface area (Å²) in [5.74, 6) is 0.705. The third-order valence-electron chi connectivity index (χ3n) is 4.02. The Balaban J connectivity index is 1.82. The lowest BCUT2D eigenvalue weighted by molar-refractivity contribution is 0.130. The third kappa shape index (κ3) is 2.92. The molecule has 0 amide bonds. The van der Waals surface area contributed by atoms with Crippen LogP contribution in [0, 0.1) is 5.92 Å². The molecule has 0 aliphatic carbocycles. The van der Waals surface area contributed by atoms with Gasteiger partial charge in [0.15, 0.2) is 0 Å². The maximum atomic E-state index is 6.22. The van der Waals surface area contributed by atoms with E-state index < -0.39 is 0 Å². The van der Waals surface area contributed by atoms with Crippen LogP contribution >= 0.6 is 0 Å². The van der Waals surface area contributed by atoms with E-state index >= 15 is 0 Å². The maximum absolute atomic E-state index is 6.22. The Kier molecular flexibility index (Phi) is 4.00. The first kappa shape index (κ1) is 11.4. The Morgan fingerprint density at radius 3 is 2.53 bits per heavy atom. The molecule has 2 fully saturated rings. The van der Waals surface area contributed by atoms with Crippen molar-refractivity contribution in [2.45, 2.75) is 32.2 Å². The predicted molar refractivity (Wildman–Crippen MR) is 63.9 cm³/mol. The molecule has 2 unspecified atom stereocenters. The molecule has 0 aromatic heterocycles. The maximum Gasteiger partial charge on any atom is 0.0104 e. The SMILES string of the molecule is CCN1CCC(N)C(CN2CCCC2)C1. The van der Waals surface area contributed by atoms with E-state index in [-0.39, 0.29) is 0 Å². The second kappa shape index (κ2) is 5.28. The molecule has 2 rings (SSSR count). The Bertz CT molecular complexity index is 189. The summed E-state index contributed by atoms with van der Waals surface area (Å²) >= 11 is 0. The lowest BCUT2D eigenvalue weighted by atomic mass is 9.92. The van der Waals surface area contributed by atoms with Gasteiger partial charge in [0.2, 0.25) is 0 Å². The summed E-state index contributed by atoms with van der Waals surface area (Å²) in [5, 5.41) is 0. The van der Waals surface area contributed by atoms with E-state index in [0.717, 1.165) is 0 Å². The molecule has 0 bridgehead atoms. The number of hydrogen-bond acceptors (Lipinski definition) is 3. The van der Waals surface area contributed by atoms with Gasteiger partial charge in [-0.1, -0.05) is 6.92 Å². The molecule has 3 heteroatoms. The first-order valence-corrected chi connectivity index (χ1v) is 6.50. The Morgan fingerprint density at radius 1 is 1.13 bits per heavy atom. The second-order valence-corrected chi connectivity index (χ2v) is 5.11. The topological polar surface area (TPSA) is 32.5 Å². The summed E-state index contributed by atoms with van der Waals surface area (Å²) in [7, 11) is 0. The van der Waals surface area contributed by atoms with E-state index in [4.69, 9.17) is 5.73 Å². The predicted octanol–water partition coefficient (Wildman–Crippen LogP) is 0.751. The van der Waals surface area contributed by atoms with Gasteiger partial charge in [0.25, 0.3) is 0 Å². The summed E-state index contributed by atoms with van der Waals surface area (Å²) in [4.78, 5) is 5.15. The average Bonchev–Trinajstić information content (AvgIpc) is 2.74. The fourth-order valence-electron chi connectivity index (χ4n) is 2.90. The van der Waals surface area contributed by atoms with Gasteiger partial charge in [-0.3, -0.25) is 0 Å². The van der Waals surface area contributed by atoms with Gasteiger partial charge in [0.05, 0.1) is 0 Å². The van der Waals surface area contributed by atoms with Gasteiger partial charge >= 0.3 is 0 Å². The lowest BCUT2D eigenvalue weighted by Gasteiger charge is -2.38. The van der Waals surface area contributed by atoms with Gasteiger partial charge in [-0.25, -0.2) is 0 Å². The summed E-state index contributed by atoms with van der Waals surface area (Å²) in [6.07, 6.45) is 3.96. The highest BCUT2D eigenvalue weighted by molar-refractivity contribution is 4.85. The fraction of sp³-hybridized carbons (Fsp3) is 1.00. The van der Waals surface area contributed by atoms with Gasteiger partial charge in [0, 0.05) is 19.1 Å². The standard InChI is InChI=1S/C12H25N3/c1-2-14-8-5-12(13)11(9-14)10-15-6-3-4-7-15/h11-12H,2-10,13H2,1H3. The van der Waals surface area contributed by atoms with Crippen molar-refractivity contribution >= 4 is 0 Å². The van der Waals surface area contributed by atoms with Gasteiger partial charge in [-0.05, 0) is 51.4 Å². The first-order valence-electron chi connectivity index (χ1n) is 6.50. The zero-order valence-corrected chi connectivity index (χ0v) is 9.99. The Hall–Kier alpha value is -0.120. The number of piperidine rings is 1. The molecule has 0 saturated carbocycles. The van der Waals surface area contributed by atoms with Crippen LogP contribution in [-0.4, -0.2) is 55.1 Å². The monoisotopic (exact) mass is 211 g/mol. The van der Waals surface area contributed by atoms with Crippen LogP contribution in [0.15, 0.2) is 0 Å². The molecule has 15 heavy (non-hydrogen) atoms. The van der Waals surface area contributed by atoms with Crippen molar-refractivity contribution in [3.05, 3.63) is 0 Å². The molecule has 3 nitrogen and oxygen atoms in total. The smallest absolute Gasteiger partial charge is 0.0104 e. The summed E-state index contributed by atoms with van der Waals surface area (Å²) < 4.78 is 0. The van der Waals surface area contributed by atoms with Crippen LogP contribution in [0.5, 0.6) is 0 Å². The largest absolute Gasteiger partial charge is 0.327 e. The van der Waals surface area contributed by atoms with Crippen LogP contribution in [0.3, 0.4) is 0 Å². The van der Waals surface area contributed by atoms with Crippen LogP contribution in [0.25, 0.3) is 0 Å². The fourth-order valence-corrected chi connectivity index (χ4v) is 2.90. The summed E-state index contributed by atoms with van der Waals surface area (Å²) in [6.45, 7) is 9.69. The lowest BCUT2D eigenvalue weighted by Crippen LogP contribution is -2.50. The zero-order valence-electron chi connectivity index (χ0n) is 9.99. The molecule has 2 N–H and O–H groups in total. The van der Waals surface area contributed by atoms with Crippen molar-refractivity contribution in [3.63, 3.8) is 0 Å². The highest BCUT2D eigenvalue weighted by atomic mass is 15.2. The van der Waals surface area contributed by atoms with E-state index in [1.54, 1.807) is 0 Å². The number of rotatable bonds is 3. The molecule has 0 aromatic rings. The van der Waals surface area contributed by atoms with Crippen LogP contribution in [-0.2, 0) is 0 Å². The summed E-state index contributed by atoms with van der Waals surface area (Å²) in [5.41, 5.74) is 6.22. The third-order valence-corrected chi connectivity index (χ3v) is 4.02.